The zero-order chi connectivity index (χ0) is 38.2. The van der Waals surface area contributed by atoms with E-state index < -0.39 is 77.3 Å². The highest BCUT2D eigenvalue weighted by atomic mass is 32.2. The van der Waals surface area contributed by atoms with E-state index in [4.69, 9.17) is 28.4 Å². The highest BCUT2D eigenvalue weighted by Crippen LogP contribution is 2.44. The van der Waals surface area contributed by atoms with Crippen LogP contribution in [-0.4, -0.2) is 96.3 Å². The lowest BCUT2D eigenvalue weighted by Crippen LogP contribution is -2.65. The third-order valence-corrected chi connectivity index (χ3v) is 9.29. The maximum Gasteiger partial charge on any atom is 0.407 e. The SMILES string of the molecule is CC(=O)N[C@@H]1[C@@H](OC(C)=O)[C@@H](OC(C)=O)[C@@H](COC(C)=O)O[C@@H]1SCC[C@H](NC(=O)OCC1c2ccccc2-c2ccccc21)C(=O)OC(C)(C)C. The number of ether oxygens (including phenoxy) is 6. The summed E-state index contributed by atoms with van der Waals surface area (Å²) in [7, 11) is 0. The van der Waals surface area contributed by atoms with Crippen LogP contribution in [0, 0.1) is 0 Å². The Balaban J connectivity index is 1.50. The van der Waals surface area contributed by atoms with Gasteiger partial charge >= 0.3 is 30.0 Å². The van der Waals surface area contributed by atoms with Crippen molar-refractivity contribution >= 4 is 47.6 Å². The Morgan fingerprint density at radius 3 is 1.90 bits per heavy atom. The summed E-state index contributed by atoms with van der Waals surface area (Å²) in [6.45, 7) is 9.57. The number of thioether (sulfide) groups is 1. The molecule has 0 spiro atoms. The number of nitrogens with one attached hydrogen (secondary N) is 2. The predicted octanol–water partition coefficient (Wildman–Crippen LogP) is 4.01. The van der Waals surface area contributed by atoms with Crippen molar-refractivity contribution in [1.82, 2.24) is 10.6 Å². The molecule has 282 valence electrons. The van der Waals surface area contributed by atoms with Crippen molar-refractivity contribution < 1.29 is 57.2 Å². The van der Waals surface area contributed by atoms with Gasteiger partial charge in [0.15, 0.2) is 12.2 Å². The molecule has 52 heavy (non-hydrogen) atoms. The van der Waals surface area contributed by atoms with Gasteiger partial charge in [-0.1, -0.05) is 48.5 Å². The molecule has 6 atom stereocenters. The molecule has 0 radical (unpaired) electrons. The smallest absolute Gasteiger partial charge is 0.407 e. The first-order valence-corrected chi connectivity index (χ1v) is 17.9. The van der Waals surface area contributed by atoms with Crippen molar-refractivity contribution in [1.29, 1.82) is 0 Å². The van der Waals surface area contributed by atoms with Crippen LogP contribution in [0.15, 0.2) is 48.5 Å². The van der Waals surface area contributed by atoms with E-state index in [1.807, 2.05) is 48.5 Å². The monoisotopic (exact) mass is 742 g/mol. The minimum absolute atomic E-state index is 0.0364. The summed E-state index contributed by atoms with van der Waals surface area (Å²) >= 11 is 1.14. The molecule has 2 amide bonds. The van der Waals surface area contributed by atoms with Crippen molar-refractivity contribution in [3.05, 3.63) is 59.7 Å². The summed E-state index contributed by atoms with van der Waals surface area (Å²) in [4.78, 5) is 74.8. The largest absolute Gasteiger partial charge is 0.463 e. The fraction of sp³-hybridized carbons (Fsp3) is 0.514. The van der Waals surface area contributed by atoms with Crippen molar-refractivity contribution in [3.63, 3.8) is 0 Å². The van der Waals surface area contributed by atoms with E-state index in [1.165, 1.54) is 13.8 Å². The summed E-state index contributed by atoms with van der Waals surface area (Å²) in [5.74, 6) is -3.27. The lowest BCUT2D eigenvalue weighted by Gasteiger charge is -2.45. The molecular weight excluding hydrogens is 696 g/mol. The molecule has 4 rings (SSSR count). The van der Waals surface area contributed by atoms with Gasteiger partial charge in [-0.3, -0.25) is 19.2 Å². The average Bonchev–Trinajstić information content (AvgIpc) is 3.37. The maximum atomic E-state index is 13.3. The van der Waals surface area contributed by atoms with E-state index in [2.05, 4.69) is 10.6 Å². The quantitative estimate of drug-likeness (QED) is 0.222. The first-order valence-electron chi connectivity index (χ1n) is 16.9. The second-order valence-corrected chi connectivity index (χ2v) is 14.6. The van der Waals surface area contributed by atoms with Crippen LogP contribution >= 0.6 is 11.8 Å². The van der Waals surface area contributed by atoms with Gasteiger partial charge in [0.25, 0.3) is 0 Å². The molecule has 15 heteroatoms. The van der Waals surface area contributed by atoms with Crippen molar-refractivity contribution in [2.75, 3.05) is 19.0 Å². The van der Waals surface area contributed by atoms with Gasteiger partial charge in [-0.15, -0.1) is 11.8 Å². The van der Waals surface area contributed by atoms with Crippen LogP contribution in [0.25, 0.3) is 11.1 Å². The van der Waals surface area contributed by atoms with Gasteiger partial charge in [-0.25, -0.2) is 9.59 Å². The molecule has 2 aromatic carbocycles. The Bertz CT molecular complexity index is 1600. The third-order valence-electron chi connectivity index (χ3n) is 8.09. The number of alkyl carbamates (subject to hydrolysis) is 1. The van der Waals surface area contributed by atoms with Gasteiger partial charge in [0.05, 0.1) is 0 Å². The number of fused-ring (bicyclic) bond motifs is 3. The van der Waals surface area contributed by atoms with Crippen LogP contribution in [0.3, 0.4) is 0 Å². The highest BCUT2D eigenvalue weighted by Gasteiger charge is 2.51. The number of hydrogen-bond acceptors (Lipinski definition) is 13. The number of carbonyl (C=O) groups is 6. The van der Waals surface area contributed by atoms with Crippen LogP contribution in [-0.2, 0) is 52.4 Å². The second-order valence-electron chi connectivity index (χ2n) is 13.4. The number of benzene rings is 2. The number of rotatable bonds is 13. The van der Waals surface area contributed by atoms with E-state index in [1.54, 1.807) is 20.8 Å². The maximum absolute atomic E-state index is 13.3. The molecule has 1 heterocycles. The van der Waals surface area contributed by atoms with E-state index in [-0.39, 0.29) is 31.3 Å². The number of carbonyl (C=O) groups excluding carboxylic acids is 6. The molecule has 2 N–H and O–H groups in total. The predicted molar refractivity (Wildman–Crippen MR) is 189 cm³/mol. The average molecular weight is 743 g/mol. The van der Waals surface area contributed by atoms with Gasteiger partial charge in [-0.2, -0.15) is 0 Å². The molecular formula is C37H46N2O12S. The topological polar surface area (TPSA) is 182 Å². The fourth-order valence-corrected chi connectivity index (χ4v) is 7.40. The van der Waals surface area contributed by atoms with Gasteiger partial charge in [-0.05, 0) is 55.2 Å². The summed E-state index contributed by atoms with van der Waals surface area (Å²) in [6, 6.07) is 13.7. The first kappa shape index (κ1) is 40.1. The van der Waals surface area contributed by atoms with Crippen LogP contribution in [0.1, 0.15) is 71.9 Å². The molecule has 0 saturated carbocycles. The number of hydrogen-bond donors (Lipinski definition) is 2. The molecule has 1 fully saturated rings. The Morgan fingerprint density at radius 2 is 1.37 bits per heavy atom. The van der Waals surface area contributed by atoms with Gasteiger partial charge < -0.3 is 39.1 Å². The standard InChI is InChI=1S/C37H46N2O12S/c1-20(40)38-31-33(49-23(4)43)32(48-22(3)42)30(19-46-21(2)41)50-35(31)52-17-16-29(34(44)51-37(5,6)7)39-36(45)47-18-28-26-14-10-8-12-24(26)25-13-9-11-15-27(25)28/h8-15,28-33,35H,16-19H2,1-7H3,(H,38,40)(H,39,45)/t29-,30+,31+,32-,33+,35+/m0/s1. The summed E-state index contributed by atoms with van der Waals surface area (Å²) in [5, 5.41) is 5.37. The third kappa shape index (κ3) is 10.9. The Hall–Kier alpha value is -4.63. The summed E-state index contributed by atoms with van der Waals surface area (Å²) in [5.41, 5.74) is 2.41. The molecule has 0 unspecified atom stereocenters. The lowest BCUT2D eigenvalue weighted by atomic mass is 9.97. The Labute approximate surface area is 306 Å². The van der Waals surface area contributed by atoms with Crippen LogP contribution in [0.2, 0.25) is 0 Å². The molecule has 1 saturated heterocycles. The Morgan fingerprint density at radius 1 is 0.788 bits per heavy atom. The molecule has 0 aromatic heterocycles. The second kappa shape index (κ2) is 17.7. The van der Waals surface area contributed by atoms with Crippen LogP contribution in [0.5, 0.6) is 0 Å². The van der Waals surface area contributed by atoms with Crippen molar-refractivity contribution in [2.24, 2.45) is 0 Å². The zero-order valence-corrected chi connectivity index (χ0v) is 31.1. The van der Waals surface area contributed by atoms with E-state index in [9.17, 15) is 28.8 Å². The minimum atomic E-state index is -1.24. The van der Waals surface area contributed by atoms with Crippen molar-refractivity contribution in [3.8, 4) is 11.1 Å². The minimum Gasteiger partial charge on any atom is -0.463 e. The first-order chi connectivity index (χ1) is 24.5. The van der Waals surface area contributed by atoms with Crippen LogP contribution < -0.4 is 10.6 Å². The van der Waals surface area contributed by atoms with Gasteiger partial charge in [0, 0.05) is 33.6 Å². The molecule has 1 aliphatic heterocycles. The molecule has 2 aliphatic rings. The summed E-state index contributed by atoms with van der Waals surface area (Å²) in [6.07, 6.45) is -4.32. The van der Waals surface area contributed by atoms with E-state index in [0.717, 1.165) is 47.9 Å². The zero-order valence-electron chi connectivity index (χ0n) is 30.3. The molecule has 2 aromatic rings. The normalized spacial score (nSPS) is 21.4. The van der Waals surface area contributed by atoms with Gasteiger partial charge in [0.2, 0.25) is 5.91 Å². The number of amides is 2. The van der Waals surface area contributed by atoms with E-state index >= 15 is 0 Å². The molecule has 1 aliphatic carbocycles. The summed E-state index contributed by atoms with van der Waals surface area (Å²) < 4.78 is 33.7. The van der Waals surface area contributed by atoms with Crippen LogP contribution in [0.4, 0.5) is 4.79 Å². The Kier molecular flexibility index (Phi) is 13.7. The fourth-order valence-electron chi connectivity index (χ4n) is 6.14. The highest BCUT2D eigenvalue weighted by molar-refractivity contribution is 7.99. The lowest BCUT2D eigenvalue weighted by molar-refractivity contribution is -0.211. The number of esters is 4. The van der Waals surface area contributed by atoms with E-state index in [0.29, 0.717) is 0 Å². The van der Waals surface area contributed by atoms with Gasteiger partial charge in [0.1, 0.15) is 42.4 Å². The van der Waals surface area contributed by atoms with Crippen molar-refractivity contribution in [2.45, 2.75) is 102 Å². The molecule has 14 nitrogen and oxygen atoms in total. The molecule has 0 bridgehead atoms.